The molecule has 0 N–H and O–H groups in total. The molecule has 1 amide bonds. The first-order chi connectivity index (χ1) is 9.70. The topological polar surface area (TPSA) is 29.5 Å². The van der Waals surface area contributed by atoms with E-state index in [-0.39, 0.29) is 11.9 Å². The van der Waals surface area contributed by atoms with E-state index in [0.29, 0.717) is 5.56 Å². The van der Waals surface area contributed by atoms with Gasteiger partial charge >= 0.3 is 0 Å². The van der Waals surface area contributed by atoms with E-state index < -0.39 is 0 Å². The normalized spacial score (nSPS) is 16.9. The molecular weight excluding hydrogens is 250 g/mol. The summed E-state index contributed by atoms with van der Waals surface area (Å²) >= 11 is 0. The molecule has 3 rings (SSSR count). The molecule has 1 heterocycles. The van der Waals surface area contributed by atoms with Gasteiger partial charge in [0.05, 0.1) is 7.11 Å². The molecule has 102 valence electrons. The number of methoxy groups -OCH3 is 1. The van der Waals surface area contributed by atoms with Gasteiger partial charge < -0.3 is 9.64 Å². The third-order valence-electron chi connectivity index (χ3n) is 3.76. The largest absolute Gasteiger partial charge is 0.497 e. The van der Waals surface area contributed by atoms with Crippen molar-refractivity contribution < 1.29 is 9.53 Å². The van der Waals surface area contributed by atoms with Gasteiger partial charge in [-0.3, -0.25) is 4.79 Å². The minimum absolute atomic E-state index is 0.0464. The molecular formula is C17H17NO2. The Balaban J connectivity index is 1.94. The maximum absolute atomic E-state index is 12.7. The van der Waals surface area contributed by atoms with Crippen molar-refractivity contribution in [2.75, 3.05) is 12.0 Å². The summed E-state index contributed by atoms with van der Waals surface area (Å²) in [6.45, 7) is 2.08. The smallest absolute Gasteiger partial charge is 0.258 e. The van der Waals surface area contributed by atoms with E-state index in [4.69, 9.17) is 4.74 Å². The molecule has 0 bridgehead atoms. The Labute approximate surface area is 118 Å². The van der Waals surface area contributed by atoms with Crippen LogP contribution in [0.2, 0.25) is 0 Å². The summed E-state index contributed by atoms with van der Waals surface area (Å²) in [5.74, 6) is 0.807. The molecule has 1 unspecified atom stereocenters. The van der Waals surface area contributed by atoms with E-state index in [1.807, 2.05) is 47.4 Å². The highest BCUT2D eigenvalue weighted by Gasteiger charge is 2.30. The number of carbonyl (C=O) groups is 1. The van der Waals surface area contributed by atoms with Crippen LogP contribution in [0, 0.1) is 0 Å². The molecule has 1 aliphatic rings. The zero-order valence-corrected chi connectivity index (χ0v) is 11.7. The van der Waals surface area contributed by atoms with Gasteiger partial charge in [-0.2, -0.15) is 0 Å². The fourth-order valence-corrected chi connectivity index (χ4v) is 2.75. The average Bonchev–Trinajstić information content (AvgIpc) is 2.82. The van der Waals surface area contributed by atoms with Gasteiger partial charge in [0.1, 0.15) is 5.75 Å². The third-order valence-corrected chi connectivity index (χ3v) is 3.76. The Morgan fingerprint density at radius 1 is 1.15 bits per heavy atom. The lowest BCUT2D eigenvalue weighted by Gasteiger charge is -2.22. The van der Waals surface area contributed by atoms with E-state index in [9.17, 15) is 4.79 Å². The predicted octanol–water partition coefficient (Wildman–Crippen LogP) is 3.29. The number of rotatable bonds is 2. The quantitative estimate of drug-likeness (QED) is 0.835. The Bertz CT molecular complexity index is 634. The van der Waals surface area contributed by atoms with Gasteiger partial charge in [0, 0.05) is 17.3 Å². The molecule has 1 aliphatic heterocycles. The number of ether oxygens (including phenoxy) is 1. The minimum atomic E-state index is 0.0464. The van der Waals surface area contributed by atoms with Gasteiger partial charge in [-0.25, -0.2) is 0 Å². The van der Waals surface area contributed by atoms with Crippen molar-refractivity contribution in [2.24, 2.45) is 0 Å². The molecule has 0 spiro atoms. The van der Waals surface area contributed by atoms with Crippen LogP contribution in [-0.2, 0) is 6.42 Å². The molecule has 0 radical (unpaired) electrons. The minimum Gasteiger partial charge on any atom is -0.497 e. The molecule has 0 aliphatic carbocycles. The molecule has 0 saturated heterocycles. The third kappa shape index (κ3) is 2.05. The highest BCUT2D eigenvalue weighted by atomic mass is 16.5. The molecule has 2 aromatic carbocycles. The van der Waals surface area contributed by atoms with Crippen LogP contribution in [-0.4, -0.2) is 19.1 Å². The number of hydrogen-bond acceptors (Lipinski definition) is 2. The number of para-hydroxylation sites is 1. The number of benzene rings is 2. The highest BCUT2D eigenvalue weighted by Crippen LogP contribution is 2.33. The average molecular weight is 267 g/mol. The summed E-state index contributed by atoms with van der Waals surface area (Å²) in [6.07, 6.45) is 0.915. The molecule has 2 aromatic rings. The maximum atomic E-state index is 12.7. The van der Waals surface area contributed by atoms with Gasteiger partial charge in [-0.15, -0.1) is 0 Å². The first-order valence-corrected chi connectivity index (χ1v) is 6.76. The summed E-state index contributed by atoms with van der Waals surface area (Å²) in [5.41, 5.74) is 2.96. The zero-order chi connectivity index (χ0) is 14.1. The summed E-state index contributed by atoms with van der Waals surface area (Å²) in [5, 5.41) is 0. The van der Waals surface area contributed by atoms with E-state index in [1.54, 1.807) is 7.11 Å². The van der Waals surface area contributed by atoms with E-state index >= 15 is 0 Å². The van der Waals surface area contributed by atoms with Crippen molar-refractivity contribution in [1.82, 2.24) is 0 Å². The van der Waals surface area contributed by atoms with Crippen molar-refractivity contribution in [3.8, 4) is 5.75 Å². The molecule has 0 aromatic heterocycles. The Hall–Kier alpha value is -2.29. The fourth-order valence-electron chi connectivity index (χ4n) is 2.75. The highest BCUT2D eigenvalue weighted by molar-refractivity contribution is 6.07. The van der Waals surface area contributed by atoms with Crippen molar-refractivity contribution >= 4 is 11.6 Å². The first kappa shape index (κ1) is 12.7. The van der Waals surface area contributed by atoms with Crippen molar-refractivity contribution in [2.45, 2.75) is 19.4 Å². The van der Waals surface area contributed by atoms with Crippen LogP contribution >= 0.6 is 0 Å². The monoisotopic (exact) mass is 267 g/mol. The second-order valence-corrected chi connectivity index (χ2v) is 5.09. The van der Waals surface area contributed by atoms with Gasteiger partial charge in [0.25, 0.3) is 5.91 Å². The number of carbonyl (C=O) groups excluding carboxylic acids is 1. The second-order valence-electron chi connectivity index (χ2n) is 5.09. The summed E-state index contributed by atoms with van der Waals surface area (Å²) < 4.78 is 5.13. The molecule has 1 atom stereocenters. The predicted molar refractivity (Wildman–Crippen MR) is 79.4 cm³/mol. The van der Waals surface area contributed by atoms with Gasteiger partial charge in [0.15, 0.2) is 0 Å². The van der Waals surface area contributed by atoms with Gasteiger partial charge in [-0.05, 0) is 49.2 Å². The summed E-state index contributed by atoms with van der Waals surface area (Å²) in [6, 6.07) is 15.6. The Morgan fingerprint density at radius 2 is 1.85 bits per heavy atom. The number of hydrogen-bond donors (Lipinski definition) is 0. The second kappa shape index (κ2) is 5.00. The SMILES string of the molecule is COc1ccc(C(=O)N2c3ccccc3CC2C)cc1. The number of fused-ring (bicyclic) bond motifs is 1. The zero-order valence-electron chi connectivity index (χ0n) is 11.7. The van der Waals surface area contributed by atoms with Crippen LogP contribution in [0.5, 0.6) is 5.75 Å². The first-order valence-electron chi connectivity index (χ1n) is 6.76. The van der Waals surface area contributed by atoms with E-state index in [0.717, 1.165) is 17.9 Å². The molecule has 3 nitrogen and oxygen atoms in total. The number of anilines is 1. The number of nitrogens with zero attached hydrogens (tertiary/aromatic N) is 1. The van der Waals surface area contributed by atoms with Crippen LogP contribution in [0.1, 0.15) is 22.8 Å². The van der Waals surface area contributed by atoms with Crippen molar-refractivity contribution in [3.63, 3.8) is 0 Å². The molecule has 0 saturated carbocycles. The van der Waals surface area contributed by atoms with E-state index in [1.165, 1.54) is 5.56 Å². The Morgan fingerprint density at radius 3 is 2.55 bits per heavy atom. The van der Waals surface area contributed by atoms with Crippen molar-refractivity contribution in [1.29, 1.82) is 0 Å². The fraction of sp³-hybridized carbons (Fsp3) is 0.235. The lowest BCUT2D eigenvalue weighted by atomic mass is 10.1. The maximum Gasteiger partial charge on any atom is 0.258 e. The van der Waals surface area contributed by atoms with Crippen LogP contribution in [0.3, 0.4) is 0 Å². The van der Waals surface area contributed by atoms with Gasteiger partial charge in [0.2, 0.25) is 0 Å². The Kier molecular flexibility index (Phi) is 3.18. The lowest BCUT2D eigenvalue weighted by Crippen LogP contribution is -2.35. The van der Waals surface area contributed by atoms with Crippen molar-refractivity contribution in [3.05, 3.63) is 59.7 Å². The summed E-state index contributed by atoms with van der Waals surface area (Å²) in [4.78, 5) is 14.6. The molecule has 0 fully saturated rings. The van der Waals surface area contributed by atoms with Crippen LogP contribution in [0.15, 0.2) is 48.5 Å². The van der Waals surface area contributed by atoms with Crippen LogP contribution in [0.4, 0.5) is 5.69 Å². The standard InChI is InChI=1S/C17H17NO2/c1-12-11-14-5-3-4-6-16(14)18(12)17(19)13-7-9-15(20-2)10-8-13/h3-10,12H,11H2,1-2H3. The van der Waals surface area contributed by atoms with Gasteiger partial charge in [-0.1, -0.05) is 18.2 Å². The van der Waals surface area contributed by atoms with E-state index in [2.05, 4.69) is 13.0 Å². The molecule has 3 heteroatoms. The molecule has 20 heavy (non-hydrogen) atoms. The van der Waals surface area contributed by atoms with Crippen LogP contribution < -0.4 is 9.64 Å². The number of amides is 1. The summed E-state index contributed by atoms with van der Waals surface area (Å²) in [7, 11) is 1.62. The van der Waals surface area contributed by atoms with Crippen LogP contribution in [0.25, 0.3) is 0 Å². The lowest BCUT2D eigenvalue weighted by molar-refractivity contribution is 0.0981.